The van der Waals surface area contributed by atoms with Gasteiger partial charge in [-0.25, -0.2) is 0 Å². The first kappa shape index (κ1) is 12.7. The molecule has 0 aromatic heterocycles. The minimum atomic E-state index is -4.33. The fourth-order valence-corrected chi connectivity index (χ4v) is 0.967. The van der Waals surface area contributed by atoms with E-state index in [4.69, 9.17) is 0 Å². The lowest BCUT2D eigenvalue weighted by Crippen LogP contribution is -2.31. The monoisotopic (exact) mass is 202 g/mol. The summed E-state index contributed by atoms with van der Waals surface area (Å²) in [5, 5.41) is 0. The summed E-state index contributed by atoms with van der Waals surface area (Å²) in [6.45, 7) is 0.963. The smallest absolute Gasteiger partial charge is 0.369 e. The summed E-state index contributed by atoms with van der Waals surface area (Å²) < 4.78 is 52.5. The maximum Gasteiger partial charge on any atom is 0.414 e. The highest BCUT2D eigenvalue weighted by atomic mass is 19.4. The van der Waals surface area contributed by atoms with Crippen molar-refractivity contribution in [1.82, 2.24) is 0 Å². The molecule has 1 nitrogen and oxygen atoms in total. The van der Waals surface area contributed by atoms with E-state index in [0.717, 1.165) is 0 Å². The Morgan fingerprint density at radius 1 is 1.23 bits per heavy atom. The van der Waals surface area contributed by atoms with Gasteiger partial charge in [0.05, 0.1) is 6.67 Å². The third kappa shape index (κ3) is 5.85. The molecule has 0 N–H and O–H groups in total. The Balaban J connectivity index is 3.81. The Morgan fingerprint density at radius 2 is 1.85 bits per heavy atom. The summed E-state index contributed by atoms with van der Waals surface area (Å²) in [5.74, 6) is 0. The largest absolute Gasteiger partial charge is 0.414 e. The highest BCUT2D eigenvalue weighted by Crippen LogP contribution is 2.26. The summed E-state index contributed by atoms with van der Waals surface area (Å²) >= 11 is 0. The van der Waals surface area contributed by atoms with Crippen LogP contribution in [0.3, 0.4) is 0 Å². The predicted octanol–water partition coefficient (Wildman–Crippen LogP) is 3.09. The lowest BCUT2D eigenvalue weighted by Gasteiger charge is -2.19. The number of hydrogen-bond acceptors (Lipinski definition) is 1. The highest BCUT2D eigenvalue weighted by molar-refractivity contribution is 4.67. The van der Waals surface area contributed by atoms with Gasteiger partial charge >= 0.3 is 6.18 Å². The van der Waals surface area contributed by atoms with Crippen molar-refractivity contribution in [2.24, 2.45) is 0 Å². The van der Waals surface area contributed by atoms with Crippen LogP contribution in [-0.4, -0.2) is 25.6 Å². The SMILES string of the molecule is CCOC(CCCCF)C(F)(F)F. The number of unbranched alkanes of at least 4 members (excludes halogenated alkanes) is 1. The Kier molecular flexibility index (Phi) is 6.03. The van der Waals surface area contributed by atoms with Crippen LogP contribution in [0, 0.1) is 0 Å². The number of ether oxygens (including phenoxy) is 1. The number of alkyl halides is 4. The van der Waals surface area contributed by atoms with Crippen LogP contribution < -0.4 is 0 Å². The number of rotatable bonds is 6. The van der Waals surface area contributed by atoms with Crippen molar-refractivity contribution in [1.29, 1.82) is 0 Å². The van der Waals surface area contributed by atoms with Crippen LogP contribution in [0.1, 0.15) is 26.2 Å². The van der Waals surface area contributed by atoms with Gasteiger partial charge in [0, 0.05) is 6.61 Å². The second-order valence-electron chi connectivity index (χ2n) is 2.67. The molecule has 0 amide bonds. The Bertz CT molecular complexity index is 124. The quantitative estimate of drug-likeness (QED) is 0.475. The maximum atomic E-state index is 12.1. The van der Waals surface area contributed by atoms with Crippen LogP contribution in [0.2, 0.25) is 0 Å². The first-order valence-corrected chi connectivity index (χ1v) is 4.26. The van der Waals surface area contributed by atoms with Crippen molar-refractivity contribution in [3.63, 3.8) is 0 Å². The van der Waals surface area contributed by atoms with Crippen LogP contribution in [0.4, 0.5) is 17.6 Å². The lowest BCUT2D eigenvalue weighted by molar-refractivity contribution is -0.221. The second-order valence-corrected chi connectivity index (χ2v) is 2.67. The molecule has 0 aliphatic heterocycles. The fourth-order valence-electron chi connectivity index (χ4n) is 0.967. The third-order valence-electron chi connectivity index (χ3n) is 1.58. The highest BCUT2D eigenvalue weighted by Gasteiger charge is 2.39. The molecule has 80 valence electrons. The van der Waals surface area contributed by atoms with Crippen molar-refractivity contribution < 1.29 is 22.3 Å². The molecule has 0 saturated carbocycles. The lowest BCUT2D eigenvalue weighted by atomic mass is 10.1. The van der Waals surface area contributed by atoms with E-state index in [2.05, 4.69) is 4.74 Å². The molecule has 5 heteroatoms. The number of halogens is 4. The van der Waals surface area contributed by atoms with Gasteiger partial charge in [-0.15, -0.1) is 0 Å². The van der Waals surface area contributed by atoms with Crippen molar-refractivity contribution in [2.45, 2.75) is 38.5 Å². The number of hydrogen-bond donors (Lipinski definition) is 0. The first-order valence-electron chi connectivity index (χ1n) is 4.26. The minimum absolute atomic E-state index is 0.0276. The topological polar surface area (TPSA) is 9.23 Å². The van der Waals surface area contributed by atoms with E-state index in [-0.39, 0.29) is 25.9 Å². The molecule has 0 spiro atoms. The van der Waals surface area contributed by atoms with Gasteiger partial charge in [-0.3, -0.25) is 4.39 Å². The van der Waals surface area contributed by atoms with E-state index in [9.17, 15) is 17.6 Å². The molecule has 0 saturated heterocycles. The molecule has 0 heterocycles. The van der Waals surface area contributed by atoms with E-state index < -0.39 is 19.0 Å². The summed E-state index contributed by atoms with van der Waals surface area (Å²) in [6.07, 6.45) is -5.84. The Morgan fingerprint density at radius 3 is 2.23 bits per heavy atom. The van der Waals surface area contributed by atoms with Crippen molar-refractivity contribution in [2.75, 3.05) is 13.3 Å². The van der Waals surface area contributed by atoms with E-state index in [0.29, 0.717) is 0 Å². The van der Waals surface area contributed by atoms with Crippen molar-refractivity contribution in [3.05, 3.63) is 0 Å². The summed E-state index contributed by atoms with van der Waals surface area (Å²) in [6, 6.07) is 0. The zero-order valence-corrected chi connectivity index (χ0v) is 7.53. The standard InChI is InChI=1S/C8H14F4O/c1-2-13-7(8(10,11)12)5-3-4-6-9/h7H,2-6H2,1H3. The van der Waals surface area contributed by atoms with E-state index in [1.807, 2.05) is 0 Å². The zero-order chi connectivity index (χ0) is 10.3. The molecule has 0 aromatic rings. The Labute approximate surface area is 75.1 Å². The zero-order valence-electron chi connectivity index (χ0n) is 7.53. The van der Waals surface area contributed by atoms with Crippen molar-refractivity contribution in [3.8, 4) is 0 Å². The molecule has 1 atom stereocenters. The van der Waals surface area contributed by atoms with Gasteiger partial charge in [0.1, 0.15) is 0 Å². The molecule has 0 aliphatic rings. The molecular weight excluding hydrogens is 188 g/mol. The molecular formula is C8H14F4O. The van der Waals surface area contributed by atoms with Gasteiger partial charge in [-0.2, -0.15) is 13.2 Å². The van der Waals surface area contributed by atoms with Gasteiger partial charge in [0.25, 0.3) is 0 Å². The van der Waals surface area contributed by atoms with Crippen LogP contribution in [0.25, 0.3) is 0 Å². The summed E-state index contributed by atoms with van der Waals surface area (Å²) in [4.78, 5) is 0. The average Bonchev–Trinajstić information content (AvgIpc) is 2.01. The van der Waals surface area contributed by atoms with Gasteiger partial charge in [0.15, 0.2) is 6.10 Å². The van der Waals surface area contributed by atoms with Crippen LogP contribution in [0.15, 0.2) is 0 Å². The van der Waals surface area contributed by atoms with E-state index in [1.165, 1.54) is 6.92 Å². The van der Waals surface area contributed by atoms with Crippen molar-refractivity contribution >= 4 is 0 Å². The fraction of sp³-hybridized carbons (Fsp3) is 1.00. The molecule has 0 rings (SSSR count). The minimum Gasteiger partial charge on any atom is -0.369 e. The molecule has 1 unspecified atom stereocenters. The molecule has 0 aliphatic carbocycles. The normalized spacial score (nSPS) is 14.5. The van der Waals surface area contributed by atoms with Crippen LogP contribution in [-0.2, 0) is 4.74 Å². The molecule has 0 aromatic carbocycles. The summed E-state index contributed by atoms with van der Waals surface area (Å²) in [7, 11) is 0. The van der Waals surface area contributed by atoms with Gasteiger partial charge in [-0.1, -0.05) is 0 Å². The molecule has 0 bridgehead atoms. The van der Waals surface area contributed by atoms with Crippen LogP contribution >= 0.6 is 0 Å². The molecule has 0 radical (unpaired) electrons. The Hall–Kier alpha value is -0.320. The van der Waals surface area contributed by atoms with E-state index >= 15 is 0 Å². The second kappa shape index (κ2) is 6.18. The third-order valence-corrected chi connectivity index (χ3v) is 1.58. The predicted molar refractivity (Wildman–Crippen MR) is 41.3 cm³/mol. The summed E-state index contributed by atoms with van der Waals surface area (Å²) in [5.41, 5.74) is 0. The maximum absolute atomic E-state index is 12.1. The van der Waals surface area contributed by atoms with E-state index in [1.54, 1.807) is 0 Å². The van der Waals surface area contributed by atoms with Crippen LogP contribution in [0.5, 0.6) is 0 Å². The average molecular weight is 202 g/mol. The molecule has 0 fully saturated rings. The molecule has 13 heavy (non-hydrogen) atoms. The van der Waals surface area contributed by atoms with Gasteiger partial charge < -0.3 is 4.74 Å². The first-order chi connectivity index (χ1) is 6.02. The van der Waals surface area contributed by atoms with Gasteiger partial charge in [0.2, 0.25) is 0 Å². The van der Waals surface area contributed by atoms with Gasteiger partial charge in [-0.05, 0) is 26.2 Å².